The number of Topliss-reactive ketones (excluding diaryl/α,β-unsaturated/α-hetero) is 1. The van der Waals surface area contributed by atoms with Gasteiger partial charge >= 0.3 is 0 Å². The number of hydrogen-bond donors (Lipinski definition) is 1. The summed E-state index contributed by atoms with van der Waals surface area (Å²) >= 11 is 0. The Kier molecular flexibility index (Phi) is 3.65. The molecule has 2 rings (SSSR count). The number of aryl methyl sites for hydroxylation is 1. The van der Waals surface area contributed by atoms with Crippen molar-refractivity contribution in [2.45, 2.75) is 19.4 Å². The quantitative estimate of drug-likeness (QED) is 0.835. The molecule has 0 atom stereocenters. The van der Waals surface area contributed by atoms with Crippen molar-refractivity contribution in [3.8, 4) is 0 Å². The molecular weight excluding hydrogens is 236 g/mol. The number of halogens is 1. The van der Waals surface area contributed by atoms with Crippen LogP contribution in [0.15, 0.2) is 30.5 Å². The third-order valence-corrected chi connectivity index (χ3v) is 2.73. The maximum Gasteiger partial charge on any atom is 0.184 e. The Balaban J connectivity index is 0.00000144. The molecule has 1 heterocycles. The Labute approximate surface area is 107 Å². The van der Waals surface area contributed by atoms with E-state index in [-0.39, 0.29) is 18.2 Å². The molecule has 3 nitrogen and oxygen atoms in total. The topological polar surface area (TPSA) is 48.0 Å². The molecule has 2 aromatic rings. The summed E-state index contributed by atoms with van der Waals surface area (Å²) in [6.45, 7) is 3.47. The number of rotatable bonds is 2. The summed E-state index contributed by atoms with van der Waals surface area (Å²) < 4.78 is 1.95. The minimum absolute atomic E-state index is 0. The van der Waals surface area contributed by atoms with Crippen LogP contribution in [0.25, 0.3) is 10.9 Å². The van der Waals surface area contributed by atoms with Gasteiger partial charge in [0, 0.05) is 29.7 Å². The lowest BCUT2D eigenvalue weighted by atomic mass is 9.94. The van der Waals surface area contributed by atoms with Crippen molar-refractivity contribution in [1.29, 1.82) is 0 Å². The maximum atomic E-state index is 12.2. The van der Waals surface area contributed by atoms with Crippen LogP contribution in [0.5, 0.6) is 0 Å². The zero-order chi connectivity index (χ0) is 11.9. The number of nitrogens with two attached hydrogens (primary N) is 1. The highest BCUT2D eigenvalue weighted by atomic mass is 35.5. The number of nitrogens with zero attached hydrogens (tertiary/aromatic N) is 1. The van der Waals surface area contributed by atoms with Gasteiger partial charge in [-0.3, -0.25) is 4.79 Å². The molecule has 0 saturated carbocycles. The fourth-order valence-electron chi connectivity index (χ4n) is 1.87. The Bertz CT molecular complexity index is 552. The zero-order valence-electron chi connectivity index (χ0n) is 10.2. The molecule has 0 fully saturated rings. The average molecular weight is 253 g/mol. The van der Waals surface area contributed by atoms with Crippen molar-refractivity contribution in [2.75, 3.05) is 0 Å². The van der Waals surface area contributed by atoms with E-state index in [4.69, 9.17) is 5.73 Å². The van der Waals surface area contributed by atoms with E-state index in [0.717, 1.165) is 10.9 Å². The molecule has 2 N–H and O–H groups in total. The minimum atomic E-state index is -0.829. The third kappa shape index (κ3) is 2.35. The molecule has 0 unspecified atom stereocenters. The Morgan fingerprint density at radius 2 is 1.88 bits per heavy atom. The van der Waals surface area contributed by atoms with E-state index in [0.29, 0.717) is 5.56 Å². The van der Waals surface area contributed by atoms with Gasteiger partial charge in [0.15, 0.2) is 5.78 Å². The summed E-state index contributed by atoms with van der Waals surface area (Å²) in [6.07, 6.45) is 1.85. The molecule has 0 aliphatic heterocycles. The number of ketones is 1. The molecule has 17 heavy (non-hydrogen) atoms. The van der Waals surface area contributed by atoms with Crippen LogP contribution >= 0.6 is 12.4 Å². The summed E-state index contributed by atoms with van der Waals surface area (Å²) in [4.78, 5) is 12.2. The summed E-state index contributed by atoms with van der Waals surface area (Å²) in [5, 5.41) is 0.966. The second-order valence-electron chi connectivity index (χ2n) is 4.72. The molecule has 0 bridgehead atoms. The molecule has 0 radical (unpaired) electrons. The van der Waals surface area contributed by atoms with Gasteiger partial charge in [0.05, 0.1) is 5.54 Å². The number of carbonyl (C=O) groups excluding carboxylic acids is 1. The van der Waals surface area contributed by atoms with E-state index in [1.54, 1.807) is 13.8 Å². The van der Waals surface area contributed by atoms with Crippen LogP contribution in [0.4, 0.5) is 0 Å². The smallest absolute Gasteiger partial charge is 0.184 e. The minimum Gasteiger partial charge on any atom is -0.350 e. The molecule has 0 saturated heterocycles. The monoisotopic (exact) mass is 252 g/mol. The standard InChI is InChI=1S/C13H16N2O.ClH/c1-13(2,14)12(16)10-8-15(3)11-7-5-4-6-9(10)11;/h4-8H,14H2,1-3H3;1H. The van der Waals surface area contributed by atoms with Crippen LogP contribution in [0, 0.1) is 0 Å². The van der Waals surface area contributed by atoms with Crippen LogP contribution in [0.1, 0.15) is 24.2 Å². The van der Waals surface area contributed by atoms with Crippen LogP contribution in [-0.2, 0) is 7.05 Å². The number of hydrogen-bond acceptors (Lipinski definition) is 2. The van der Waals surface area contributed by atoms with Crippen LogP contribution in [0.2, 0.25) is 0 Å². The fourth-order valence-corrected chi connectivity index (χ4v) is 1.87. The van der Waals surface area contributed by atoms with Crippen molar-refractivity contribution in [3.05, 3.63) is 36.0 Å². The zero-order valence-corrected chi connectivity index (χ0v) is 11.0. The van der Waals surface area contributed by atoms with E-state index in [2.05, 4.69) is 0 Å². The number of carbonyl (C=O) groups is 1. The summed E-state index contributed by atoms with van der Waals surface area (Å²) in [6, 6.07) is 7.84. The Morgan fingerprint density at radius 3 is 2.47 bits per heavy atom. The van der Waals surface area contributed by atoms with Crippen LogP contribution < -0.4 is 5.73 Å². The molecule has 1 aromatic carbocycles. The fraction of sp³-hybridized carbons (Fsp3) is 0.308. The molecule has 0 spiro atoms. The van der Waals surface area contributed by atoms with Crippen molar-refractivity contribution < 1.29 is 4.79 Å². The lowest BCUT2D eigenvalue weighted by Crippen LogP contribution is -2.41. The summed E-state index contributed by atoms with van der Waals surface area (Å²) in [7, 11) is 1.93. The van der Waals surface area contributed by atoms with Crippen LogP contribution in [0.3, 0.4) is 0 Å². The van der Waals surface area contributed by atoms with E-state index in [1.807, 2.05) is 42.1 Å². The lowest BCUT2D eigenvalue weighted by Gasteiger charge is -2.15. The second kappa shape index (κ2) is 4.51. The van der Waals surface area contributed by atoms with E-state index in [1.165, 1.54) is 0 Å². The van der Waals surface area contributed by atoms with E-state index >= 15 is 0 Å². The van der Waals surface area contributed by atoms with E-state index < -0.39 is 5.54 Å². The van der Waals surface area contributed by atoms with Gasteiger partial charge in [0.25, 0.3) is 0 Å². The number of benzene rings is 1. The maximum absolute atomic E-state index is 12.2. The Hall–Kier alpha value is -1.32. The van der Waals surface area contributed by atoms with Crippen molar-refractivity contribution >= 4 is 29.1 Å². The SMILES string of the molecule is Cl.Cn1cc(C(=O)C(C)(C)N)c2ccccc21. The first kappa shape index (κ1) is 13.7. The molecular formula is C13H17ClN2O. The van der Waals surface area contributed by atoms with Gasteiger partial charge in [-0.25, -0.2) is 0 Å². The first-order valence-electron chi connectivity index (χ1n) is 5.29. The highest BCUT2D eigenvalue weighted by Gasteiger charge is 2.26. The third-order valence-electron chi connectivity index (χ3n) is 2.73. The van der Waals surface area contributed by atoms with Gasteiger partial charge in [-0.1, -0.05) is 18.2 Å². The number of aromatic nitrogens is 1. The highest BCUT2D eigenvalue weighted by molar-refractivity contribution is 6.12. The van der Waals surface area contributed by atoms with Gasteiger partial charge in [0.1, 0.15) is 0 Å². The first-order valence-corrected chi connectivity index (χ1v) is 5.29. The van der Waals surface area contributed by atoms with Gasteiger partial charge in [-0.05, 0) is 19.9 Å². The van der Waals surface area contributed by atoms with Crippen molar-refractivity contribution in [1.82, 2.24) is 4.57 Å². The molecule has 0 aliphatic carbocycles. The average Bonchev–Trinajstić information content (AvgIpc) is 2.55. The molecule has 92 valence electrons. The Morgan fingerprint density at radius 1 is 1.29 bits per heavy atom. The number of para-hydroxylation sites is 1. The number of fused-ring (bicyclic) bond motifs is 1. The predicted octanol–water partition coefficient (Wildman–Crippen LogP) is 2.52. The lowest BCUT2D eigenvalue weighted by molar-refractivity contribution is 0.0915. The first-order chi connectivity index (χ1) is 7.41. The predicted molar refractivity (Wildman–Crippen MR) is 72.8 cm³/mol. The van der Waals surface area contributed by atoms with Crippen molar-refractivity contribution in [3.63, 3.8) is 0 Å². The molecule has 0 amide bonds. The van der Waals surface area contributed by atoms with Gasteiger partial charge in [-0.15, -0.1) is 12.4 Å². The molecule has 0 aliphatic rings. The largest absolute Gasteiger partial charge is 0.350 e. The normalized spacial score (nSPS) is 11.3. The van der Waals surface area contributed by atoms with Gasteiger partial charge in [0.2, 0.25) is 0 Å². The van der Waals surface area contributed by atoms with Crippen LogP contribution in [-0.4, -0.2) is 15.9 Å². The summed E-state index contributed by atoms with van der Waals surface area (Å²) in [5.74, 6) is -0.0238. The summed E-state index contributed by atoms with van der Waals surface area (Å²) in [5.41, 5.74) is 6.77. The molecule has 1 aromatic heterocycles. The highest BCUT2D eigenvalue weighted by Crippen LogP contribution is 2.23. The second-order valence-corrected chi connectivity index (χ2v) is 4.72. The molecule has 4 heteroatoms. The van der Waals surface area contributed by atoms with Gasteiger partial charge < -0.3 is 10.3 Å². The van der Waals surface area contributed by atoms with E-state index in [9.17, 15) is 4.79 Å². The van der Waals surface area contributed by atoms with Crippen molar-refractivity contribution in [2.24, 2.45) is 12.8 Å². The van der Waals surface area contributed by atoms with Gasteiger partial charge in [-0.2, -0.15) is 0 Å².